The number of ether oxygens (including phenoxy) is 1. The molecule has 0 aliphatic rings. The van der Waals surface area contributed by atoms with Crippen LogP contribution >= 0.6 is 0 Å². The molecule has 0 saturated heterocycles. The quantitative estimate of drug-likeness (QED) is 0.468. The number of rotatable bonds is 10. The van der Waals surface area contributed by atoms with Gasteiger partial charge in [-0.2, -0.15) is 5.10 Å². The van der Waals surface area contributed by atoms with E-state index in [1.165, 1.54) is 28.9 Å². The Morgan fingerprint density at radius 1 is 0.938 bits per heavy atom. The van der Waals surface area contributed by atoms with Crippen molar-refractivity contribution in [3.63, 3.8) is 0 Å². The van der Waals surface area contributed by atoms with Gasteiger partial charge in [-0.05, 0) is 35.9 Å². The summed E-state index contributed by atoms with van der Waals surface area (Å²) >= 11 is 0. The number of hydrogen-bond acceptors (Lipinski definition) is 5. The molecule has 0 unspecified atom stereocenters. The number of amides is 2. The zero-order valence-corrected chi connectivity index (χ0v) is 17.3. The molecular weight excluding hydrogens is 415 g/mol. The third-order valence-corrected chi connectivity index (χ3v) is 4.42. The van der Waals surface area contributed by atoms with Crippen LogP contribution in [0.2, 0.25) is 0 Å². The number of aromatic nitrogens is 2. The summed E-state index contributed by atoms with van der Waals surface area (Å²) in [5.74, 6) is -0.386. The van der Waals surface area contributed by atoms with Crippen molar-refractivity contribution in [3.8, 4) is 5.75 Å². The van der Waals surface area contributed by atoms with Gasteiger partial charge in [0.2, 0.25) is 5.91 Å². The Balaban J connectivity index is 1.42. The Hall–Kier alpha value is -4.01. The van der Waals surface area contributed by atoms with Gasteiger partial charge in [-0.25, -0.2) is 9.07 Å². The van der Waals surface area contributed by atoms with Crippen LogP contribution in [0.3, 0.4) is 0 Å². The van der Waals surface area contributed by atoms with Crippen LogP contribution in [-0.4, -0.2) is 41.3 Å². The van der Waals surface area contributed by atoms with Crippen molar-refractivity contribution >= 4 is 11.8 Å². The molecule has 0 aliphatic carbocycles. The van der Waals surface area contributed by atoms with Crippen LogP contribution in [-0.2, 0) is 17.8 Å². The first-order valence-electron chi connectivity index (χ1n) is 10.1. The predicted octanol–water partition coefficient (Wildman–Crippen LogP) is 1.55. The fourth-order valence-electron chi connectivity index (χ4n) is 2.82. The maximum absolute atomic E-state index is 12.9. The molecule has 0 spiro atoms. The molecule has 3 rings (SSSR count). The number of nitrogens with one attached hydrogen (secondary N) is 2. The molecule has 0 fully saturated rings. The third-order valence-electron chi connectivity index (χ3n) is 4.42. The maximum Gasteiger partial charge on any atom is 0.271 e. The smallest absolute Gasteiger partial charge is 0.271 e. The fraction of sp³-hybridized carbons (Fsp3) is 0.217. The molecule has 0 radical (unpaired) electrons. The van der Waals surface area contributed by atoms with E-state index in [0.717, 1.165) is 0 Å². The second kappa shape index (κ2) is 11.4. The fourth-order valence-corrected chi connectivity index (χ4v) is 2.82. The zero-order valence-electron chi connectivity index (χ0n) is 17.3. The van der Waals surface area contributed by atoms with E-state index in [4.69, 9.17) is 4.74 Å². The highest BCUT2D eigenvalue weighted by atomic mass is 19.1. The Kier molecular flexibility index (Phi) is 8.08. The van der Waals surface area contributed by atoms with Crippen molar-refractivity contribution in [2.24, 2.45) is 0 Å². The minimum absolute atomic E-state index is 0.0851. The summed E-state index contributed by atoms with van der Waals surface area (Å²) in [5.41, 5.74) is 0.434. The second-order valence-electron chi connectivity index (χ2n) is 6.85. The van der Waals surface area contributed by atoms with E-state index in [9.17, 15) is 18.8 Å². The number of carbonyl (C=O) groups excluding carboxylic acids is 2. The lowest BCUT2D eigenvalue weighted by Crippen LogP contribution is -2.36. The molecule has 2 aromatic carbocycles. The van der Waals surface area contributed by atoms with Gasteiger partial charge in [0.05, 0.1) is 13.0 Å². The number of halogens is 1. The zero-order chi connectivity index (χ0) is 22.8. The molecule has 1 aromatic heterocycles. The number of benzene rings is 2. The summed E-state index contributed by atoms with van der Waals surface area (Å²) in [6.45, 7) is 0.818. The number of hydrogen-bond donors (Lipinski definition) is 2. The summed E-state index contributed by atoms with van der Waals surface area (Å²) in [5, 5.41) is 9.39. The Bertz CT molecular complexity index is 1100. The van der Waals surface area contributed by atoms with Crippen LogP contribution in [0.5, 0.6) is 5.75 Å². The summed E-state index contributed by atoms with van der Waals surface area (Å²) in [7, 11) is 0. The minimum Gasteiger partial charge on any atom is -0.492 e. The van der Waals surface area contributed by atoms with E-state index < -0.39 is 5.91 Å². The number of nitrogens with zero attached hydrogens (tertiary/aromatic N) is 2. The first kappa shape index (κ1) is 22.7. The molecule has 166 valence electrons. The van der Waals surface area contributed by atoms with E-state index in [1.807, 2.05) is 18.2 Å². The summed E-state index contributed by atoms with van der Waals surface area (Å²) in [6.07, 6.45) is 0.117. The van der Waals surface area contributed by atoms with Crippen molar-refractivity contribution < 1.29 is 18.7 Å². The Morgan fingerprint density at radius 3 is 2.41 bits per heavy atom. The Labute approximate surface area is 184 Å². The van der Waals surface area contributed by atoms with Crippen molar-refractivity contribution in [1.82, 2.24) is 20.4 Å². The maximum atomic E-state index is 12.9. The van der Waals surface area contributed by atoms with Gasteiger partial charge in [0.1, 0.15) is 23.9 Å². The van der Waals surface area contributed by atoms with E-state index in [1.54, 1.807) is 24.3 Å². The van der Waals surface area contributed by atoms with Gasteiger partial charge in [-0.3, -0.25) is 14.4 Å². The highest BCUT2D eigenvalue weighted by Gasteiger charge is 2.10. The molecule has 2 amide bonds. The first-order valence-corrected chi connectivity index (χ1v) is 10.1. The highest BCUT2D eigenvalue weighted by Crippen LogP contribution is 2.07. The SMILES string of the molecule is O=C(Cc1ccc(F)cc1)NCCNC(=O)c1ccc(=O)n(CCOc2ccccc2)n1. The third kappa shape index (κ3) is 7.05. The second-order valence-corrected chi connectivity index (χ2v) is 6.85. The van der Waals surface area contributed by atoms with E-state index in [2.05, 4.69) is 15.7 Å². The molecule has 32 heavy (non-hydrogen) atoms. The van der Waals surface area contributed by atoms with Gasteiger partial charge in [-0.1, -0.05) is 30.3 Å². The molecule has 0 saturated carbocycles. The first-order chi connectivity index (χ1) is 15.5. The van der Waals surface area contributed by atoms with Crippen LogP contribution in [0.1, 0.15) is 16.1 Å². The molecule has 0 aliphatic heterocycles. The van der Waals surface area contributed by atoms with Crippen LogP contribution in [0, 0.1) is 5.82 Å². The van der Waals surface area contributed by atoms with Crippen molar-refractivity contribution in [3.05, 3.63) is 94.2 Å². The molecule has 0 bridgehead atoms. The average Bonchev–Trinajstić information content (AvgIpc) is 2.80. The van der Waals surface area contributed by atoms with Crippen LogP contribution in [0.25, 0.3) is 0 Å². The van der Waals surface area contributed by atoms with Gasteiger partial charge >= 0.3 is 0 Å². The molecule has 8 nitrogen and oxygen atoms in total. The molecular formula is C23H23FN4O4. The standard InChI is InChI=1S/C23H23FN4O4/c24-18-8-6-17(7-9-18)16-21(29)25-12-13-26-23(31)20-10-11-22(30)28(27-20)14-15-32-19-4-2-1-3-5-19/h1-11H,12-16H2,(H,25,29)(H,26,31). The van der Waals surface area contributed by atoms with E-state index >= 15 is 0 Å². The summed E-state index contributed by atoms with van der Waals surface area (Å²) < 4.78 is 19.6. The molecule has 1 heterocycles. The van der Waals surface area contributed by atoms with Crippen LogP contribution < -0.4 is 20.9 Å². The highest BCUT2D eigenvalue weighted by molar-refractivity contribution is 5.92. The largest absolute Gasteiger partial charge is 0.492 e. The van der Waals surface area contributed by atoms with Crippen molar-refractivity contribution in [2.75, 3.05) is 19.7 Å². The van der Waals surface area contributed by atoms with Gasteiger partial charge in [0.25, 0.3) is 11.5 Å². The lowest BCUT2D eigenvalue weighted by molar-refractivity contribution is -0.120. The van der Waals surface area contributed by atoms with Gasteiger partial charge < -0.3 is 15.4 Å². The van der Waals surface area contributed by atoms with Gasteiger partial charge in [-0.15, -0.1) is 0 Å². The lowest BCUT2D eigenvalue weighted by Gasteiger charge is -2.10. The predicted molar refractivity (Wildman–Crippen MR) is 116 cm³/mol. The van der Waals surface area contributed by atoms with E-state index in [-0.39, 0.29) is 55.6 Å². The lowest BCUT2D eigenvalue weighted by atomic mass is 10.1. The molecule has 2 N–H and O–H groups in total. The van der Waals surface area contributed by atoms with Crippen LogP contribution in [0.15, 0.2) is 71.5 Å². The van der Waals surface area contributed by atoms with E-state index in [0.29, 0.717) is 11.3 Å². The molecule has 3 aromatic rings. The number of carbonyl (C=O) groups is 2. The Morgan fingerprint density at radius 2 is 1.66 bits per heavy atom. The summed E-state index contributed by atoms with van der Waals surface area (Å²) in [6, 6.07) is 17.5. The molecule has 0 atom stereocenters. The van der Waals surface area contributed by atoms with Gasteiger partial charge in [0.15, 0.2) is 0 Å². The normalized spacial score (nSPS) is 10.4. The number of para-hydroxylation sites is 1. The summed E-state index contributed by atoms with van der Waals surface area (Å²) in [4.78, 5) is 36.2. The van der Waals surface area contributed by atoms with Gasteiger partial charge in [0, 0.05) is 19.2 Å². The monoisotopic (exact) mass is 438 g/mol. The molecule has 9 heteroatoms. The minimum atomic E-state index is -0.462. The topological polar surface area (TPSA) is 102 Å². The average molecular weight is 438 g/mol. The van der Waals surface area contributed by atoms with Crippen LogP contribution in [0.4, 0.5) is 4.39 Å². The van der Waals surface area contributed by atoms with Crippen molar-refractivity contribution in [1.29, 1.82) is 0 Å². The van der Waals surface area contributed by atoms with Crippen molar-refractivity contribution in [2.45, 2.75) is 13.0 Å².